The van der Waals surface area contributed by atoms with Gasteiger partial charge in [0, 0.05) is 23.7 Å². The summed E-state index contributed by atoms with van der Waals surface area (Å²) in [7, 11) is 0. The quantitative estimate of drug-likeness (QED) is 0.648. The van der Waals surface area contributed by atoms with Crippen LogP contribution >= 0.6 is 11.6 Å². The van der Waals surface area contributed by atoms with Gasteiger partial charge in [0.15, 0.2) is 6.61 Å². The zero-order valence-electron chi connectivity index (χ0n) is 14.6. The number of halogens is 1. The molecule has 0 aliphatic rings. The highest BCUT2D eigenvalue weighted by molar-refractivity contribution is 6.32. The topological polar surface area (TPSA) is 87.7 Å². The highest BCUT2D eigenvalue weighted by Gasteiger charge is 2.08. The Labute approximate surface area is 157 Å². The molecule has 0 aromatic heterocycles. The fraction of sp³-hybridized carbons (Fsp3) is 0.263. The van der Waals surface area contributed by atoms with E-state index in [2.05, 4.69) is 10.6 Å². The number of benzene rings is 2. The molecule has 0 radical (unpaired) electrons. The van der Waals surface area contributed by atoms with E-state index in [9.17, 15) is 14.7 Å². The fourth-order valence-electron chi connectivity index (χ4n) is 2.32. The first-order valence-corrected chi connectivity index (χ1v) is 8.48. The molecular formula is C19H21ClN2O4. The Morgan fingerprint density at radius 3 is 2.38 bits per heavy atom. The number of carbonyl (C=O) groups excluding carboxylic acids is 2. The predicted molar refractivity (Wildman–Crippen MR) is 99.9 cm³/mol. The second-order valence-corrected chi connectivity index (χ2v) is 6.19. The van der Waals surface area contributed by atoms with Crippen LogP contribution in [-0.2, 0) is 4.79 Å². The number of aromatic hydroxyl groups is 1. The molecule has 2 amide bonds. The summed E-state index contributed by atoms with van der Waals surface area (Å²) in [5.74, 6) is -0.00659. The number of carbonyl (C=O) groups is 2. The van der Waals surface area contributed by atoms with Gasteiger partial charge in [-0.1, -0.05) is 17.7 Å². The van der Waals surface area contributed by atoms with Crippen LogP contribution in [-0.4, -0.2) is 36.6 Å². The van der Waals surface area contributed by atoms with E-state index in [1.165, 1.54) is 12.1 Å². The van der Waals surface area contributed by atoms with Crippen molar-refractivity contribution in [3.8, 4) is 11.5 Å². The fourth-order valence-corrected chi connectivity index (χ4v) is 2.43. The van der Waals surface area contributed by atoms with Crippen molar-refractivity contribution in [1.82, 2.24) is 10.6 Å². The van der Waals surface area contributed by atoms with Gasteiger partial charge in [-0.2, -0.15) is 0 Å². The summed E-state index contributed by atoms with van der Waals surface area (Å²) in [5, 5.41) is 15.3. The highest BCUT2D eigenvalue weighted by Crippen LogP contribution is 2.25. The minimum absolute atomic E-state index is 0.0239. The van der Waals surface area contributed by atoms with E-state index in [0.29, 0.717) is 16.3 Å². The van der Waals surface area contributed by atoms with Gasteiger partial charge in [-0.05, 0) is 55.3 Å². The molecule has 0 saturated heterocycles. The molecule has 6 nitrogen and oxygen atoms in total. The Hall–Kier alpha value is -2.73. The highest BCUT2D eigenvalue weighted by atomic mass is 35.5. The Bertz CT molecular complexity index is 785. The van der Waals surface area contributed by atoms with E-state index in [1.807, 2.05) is 13.8 Å². The number of amides is 2. The molecule has 26 heavy (non-hydrogen) atoms. The third-order valence-electron chi connectivity index (χ3n) is 3.62. The number of phenols is 1. The van der Waals surface area contributed by atoms with Crippen molar-refractivity contribution in [1.29, 1.82) is 0 Å². The molecule has 138 valence electrons. The monoisotopic (exact) mass is 376 g/mol. The van der Waals surface area contributed by atoms with E-state index >= 15 is 0 Å². The molecule has 2 aromatic carbocycles. The van der Waals surface area contributed by atoms with Crippen LogP contribution in [0.15, 0.2) is 36.4 Å². The Balaban J connectivity index is 1.70. The zero-order chi connectivity index (χ0) is 19.1. The first-order chi connectivity index (χ1) is 12.4. The van der Waals surface area contributed by atoms with Crippen molar-refractivity contribution in [3.05, 3.63) is 58.1 Å². The SMILES string of the molecule is Cc1cc(OCC(=O)NCCNC(=O)c2cccc(O)c2)cc(C)c1Cl. The summed E-state index contributed by atoms with van der Waals surface area (Å²) < 4.78 is 5.46. The van der Waals surface area contributed by atoms with Crippen LogP contribution in [0.2, 0.25) is 5.02 Å². The van der Waals surface area contributed by atoms with Crippen LogP contribution in [0.1, 0.15) is 21.5 Å². The summed E-state index contributed by atoms with van der Waals surface area (Å²) in [6.07, 6.45) is 0. The molecule has 7 heteroatoms. The Morgan fingerprint density at radius 1 is 1.08 bits per heavy atom. The average molecular weight is 377 g/mol. The lowest BCUT2D eigenvalue weighted by Gasteiger charge is -2.11. The molecule has 0 atom stereocenters. The van der Waals surface area contributed by atoms with Gasteiger partial charge in [0.05, 0.1) is 0 Å². The molecule has 0 saturated carbocycles. The number of nitrogens with one attached hydrogen (secondary N) is 2. The lowest BCUT2D eigenvalue weighted by Crippen LogP contribution is -2.36. The maximum atomic E-state index is 11.9. The van der Waals surface area contributed by atoms with Crippen LogP contribution in [0.4, 0.5) is 0 Å². The van der Waals surface area contributed by atoms with Crippen molar-refractivity contribution < 1.29 is 19.4 Å². The van der Waals surface area contributed by atoms with Crippen molar-refractivity contribution >= 4 is 23.4 Å². The molecule has 3 N–H and O–H groups in total. The van der Waals surface area contributed by atoms with Gasteiger partial charge in [0.1, 0.15) is 11.5 Å². The number of phenolic OH excluding ortho intramolecular Hbond substituents is 1. The summed E-state index contributed by atoms with van der Waals surface area (Å²) >= 11 is 6.09. The van der Waals surface area contributed by atoms with Gasteiger partial charge in [0.2, 0.25) is 0 Å². The average Bonchev–Trinajstić information content (AvgIpc) is 2.61. The van der Waals surface area contributed by atoms with E-state index in [4.69, 9.17) is 16.3 Å². The van der Waals surface area contributed by atoms with Crippen LogP contribution in [0, 0.1) is 13.8 Å². The largest absolute Gasteiger partial charge is 0.508 e. The minimum atomic E-state index is -0.321. The standard InChI is InChI=1S/C19H21ClN2O4/c1-12-8-16(9-13(2)18(12)20)26-11-17(24)21-6-7-22-19(25)14-4-3-5-15(23)10-14/h3-5,8-10,23H,6-7,11H2,1-2H3,(H,21,24)(H,22,25). The molecule has 0 bridgehead atoms. The van der Waals surface area contributed by atoms with Gasteiger partial charge < -0.3 is 20.5 Å². The summed E-state index contributed by atoms with van der Waals surface area (Å²) in [6.45, 7) is 4.15. The van der Waals surface area contributed by atoms with Gasteiger partial charge in [0.25, 0.3) is 11.8 Å². The van der Waals surface area contributed by atoms with Crippen LogP contribution in [0.25, 0.3) is 0 Å². The molecule has 2 rings (SSSR count). The van der Waals surface area contributed by atoms with Crippen molar-refractivity contribution in [2.45, 2.75) is 13.8 Å². The molecule has 0 fully saturated rings. The first-order valence-electron chi connectivity index (χ1n) is 8.10. The minimum Gasteiger partial charge on any atom is -0.508 e. The number of rotatable bonds is 7. The second-order valence-electron chi connectivity index (χ2n) is 5.82. The van der Waals surface area contributed by atoms with Crippen molar-refractivity contribution in [3.63, 3.8) is 0 Å². The zero-order valence-corrected chi connectivity index (χ0v) is 15.4. The summed E-state index contributed by atoms with van der Waals surface area (Å²) in [5.41, 5.74) is 2.13. The summed E-state index contributed by atoms with van der Waals surface area (Å²) in [4.78, 5) is 23.7. The lowest BCUT2D eigenvalue weighted by atomic mass is 10.1. The lowest BCUT2D eigenvalue weighted by molar-refractivity contribution is -0.123. The first kappa shape index (κ1) is 19.6. The maximum Gasteiger partial charge on any atom is 0.258 e. The third-order valence-corrected chi connectivity index (χ3v) is 4.22. The second kappa shape index (κ2) is 9.10. The molecule has 2 aromatic rings. The number of hydrogen-bond acceptors (Lipinski definition) is 4. The van der Waals surface area contributed by atoms with E-state index < -0.39 is 0 Å². The van der Waals surface area contributed by atoms with Crippen LogP contribution in [0.5, 0.6) is 11.5 Å². The number of ether oxygens (including phenoxy) is 1. The normalized spacial score (nSPS) is 10.3. The third kappa shape index (κ3) is 5.67. The van der Waals surface area contributed by atoms with Gasteiger partial charge >= 0.3 is 0 Å². The molecule has 0 aliphatic heterocycles. The van der Waals surface area contributed by atoms with E-state index in [1.54, 1.807) is 24.3 Å². The maximum absolute atomic E-state index is 11.9. The van der Waals surface area contributed by atoms with Gasteiger partial charge in [-0.25, -0.2) is 0 Å². The molecular weight excluding hydrogens is 356 g/mol. The van der Waals surface area contributed by atoms with E-state index in [-0.39, 0.29) is 37.3 Å². The Morgan fingerprint density at radius 2 is 1.73 bits per heavy atom. The van der Waals surface area contributed by atoms with Gasteiger partial charge in [-0.15, -0.1) is 0 Å². The Kier molecular flexibility index (Phi) is 6.86. The molecule has 0 spiro atoms. The molecule has 0 aliphatic carbocycles. The van der Waals surface area contributed by atoms with Crippen LogP contribution in [0.3, 0.4) is 0 Å². The van der Waals surface area contributed by atoms with Crippen LogP contribution < -0.4 is 15.4 Å². The molecule has 0 heterocycles. The predicted octanol–water partition coefficient (Wildman–Crippen LogP) is 2.59. The number of aryl methyl sites for hydroxylation is 2. The smallest absolute Gasteiger partial charge is 0.258 e. The van der Waals surface area contributed by atoms with Crippen molar-refractivity contribution in [2.75, 3.05) is 19.7 Å². The van der Waals surface area contributed by atoms with Gasteiger partial charge in [-0.3, -0.25) is 9.59 Å². The van der Waals surface area contributed by atoms with E-state index in [0.717, 1.165) is 11.1 Å². The number of hydrogen-bond donors (Lipinski definition) is 3. The molecule has 0 unspecified atom stereocenters. The summed E-state index contributed by atoms with van der Waals surface area (Å²) in [6, 6.07) is 9.59. The van der Waals surface area contributed by atoms with Crippen molar-refractivity contribution in [2.24, 2.45) is 0 Å².